The minimum Gasteiger partial charge on any atom is -0.506 e. The summed E-state index contributed by atoms with van der Waals surface area (Å²) in [6, 6.07) is 1.43. The van der Waals surface area contributed by atoms with Crippen molar-refractivity contribution in [2.45, 2.75) is 12.8 Å². The Kier molecular flexibility index (Phi) is 2.55. The first-order valence-electron chi connectivity index (χ1n) is 4.56. The number of halogens is 1. The van der Waals surface area contributed by atoms with Crippen molar-refractivity contribution in [2.24, 2.45) is 0 Å². The van der Waals surface area contributed by atoms with E-state index in [9.17, 15) is 9.90 Å². The molecule has 2 N–H and O–H groups in total. The lowest BCUT2D eigenvalue weighted by Crippen LogP contribution is -2.07. The van der Waals surface area contributed by atoms with E-state index >= 15 is 0 Å². The maximum absolute atomic E-state index is 10.8. The fourth-order valence-electron chi connectivity index (χ4n) is 1.47. The molecule has 6 heteroatoms. The minimum absolute atomic E-state index is 0.0133. The Labute approximate surface area is 96.2 Å². The highest BCUT2D eigenvalue weighted by molar-refractivity contribution is 6.34. The Hall–Kier alpha value is -1.62. The van der Waals surface area contributed by atoms with Gasteiger partial charge in [-0.25, -0.2) is 0 Å². The highest BCUT2D eigenvalue weighted by Gasteiger charge is 2.27. The third-order valence-corrected chi connectivity index (χ3v) is 2.80. The maximum Gasteiger partial charge on any atom is 0.310 e. The standard InChI is InChI=1S/C10H9ClO5/c1-4(10(13)14)5-2-6-9(16-3-15-6)7(11)8(5)12/h2,4,12H,3H2,1H3,(H,13,14). The van der Waals surface area contributed by atoms with Crippen LogP contribution < -0.4 is 9.47 Å². The van der Waals surface area contributed by atoms with E-state index in [4.69, 9.17) is 26.2 Å². The van der Waals surface area contributed by atoms with Gasteiger partial charge in [0.1, 0.15) is 10.8 Å². The molecule has 0 saturated carbocycles. The van der Waals surface area contributed by atoms with Crippen molar-refractivity contribution in [1.29, 1.82) is 0 Å². The van der Waals surface area contributed by atoms with Crippen LogP contribution in [0.4, 0.5) is 0 Å². The number of hydrogen-bond donors (Lipinski definition) is 2. The largest absolute Gasteiger partial charge is 0.506 e. The topological polar surface area (TPSA) is 76.0 Å². The molecule has 86 valence electrons. The molecule has 0 bridgehead atoms. The zero-order chi connectivity index (χ0) is 11.9. The summed E-state index contributed by atoms with van der Waals surface area (Å²) in [7, 11) is 0. The molecule has 0 radical (unpaired) electrons. The Morgan fingerprint density at radius 1 is 1.56 bits per heavy atom. The van der Waals surface area contributed by atoms with Gasteiger partial charge < -0.3 is 19.7 Å². The lowest BCUT2D eigenvalue weighted by atomic mass is 9.99. The van der Waals surface area contributed by atoms with Crippen LogP contribution in [0.2, 0.25) is 5.02 Å². The van der Waals surface area contributed by atoms with Crippen LogP contribution in [0.15, 0.2) is 6.07 Å². The Morgan fingerprint density at radius 2 is 2.25 bits per heavy atom. The molecule has 1 aliphatic rings. The van der Waals surface area contributed by atoms with Crippen LogP contribution in [0.3, 0.4) is 0 Å². The molecule has 1 aromatic rings. The normalized spacial score (nSPS) is 14.9. The Balaban J connectivity index is 2.56. The molecule has 0 amide bonds. The van der Waals surface area contributed by atoms with Crippen LogP contribution in [-0.4, -0.2) is 23.0 Å². The number of phenols is 1. The van der Waals surface area contributed by atoms with E-state index in [1.807, 2.05) is 0 Å². The van der Waals surface area contributed by atoms with Crippen molar-refractivity contribution < 1.29 is 24.5 Å². The summed E-state index contributed by atoms with van der Waals surface area (Å²) in [5, 5.41) is 18.6. The van der Waals surface area contributed by atoms with Gasteiger partial charge in [0.2, 0.25) is 6.79 Å². The van der Waals surface area contributed by atoms with Gasteiger partial charge in [-0.15, -0.1) is 0 Å². The van der Waals surface area contributed by atoms with Crippen molar-refractivity contribution in [1.82, 2.24) is 0 Å². The molecule has 1 atom stereocenters. The number of ether oxygens (including phenoxy) is 2. The second-order valence-electron chi connectivity index (χ2n) is 3.42. The summed E-state index contributed by atoms with van der Waals surface area (Å²) in [5.74, 6) is -1.59. The number of carbonyl (C=O) groups is 1. The zero-order valence-electron chi connectivity index (χ0n) is 8.36. The van der Waals surface area contributed by atoms with E-state index in [2.05, 4.69) is 0 Å². The van der Waals surface area contributed by atoms with Gasteiger partial charge in [0.05, 0.1) is 5.92 Å². The van der Waals surface area contributed by atoms with Crippen molar-refractivity contribution in [3.8, 4) is 17.2 Å². The number of carboxylic acid groups (broad SMARTS) is 1. The van der Waals surface area contributed by atoms with E-state index in [0.29, 0.717) is 5.75 Å². The predicted octanol–water partition coefficient (Wildman–Crippen LogP) is 1.96. The second-order valence-corrected chi connectivity index (χ2v) is 3.80. The zero-order valence-corrected chi connectivity index (χ0v) is 9.11. The van der Waals surface area contributed by atoms with Crippen LogP contribution in [0.1, 0.15) is 18.4 Å². The number of benzene rings is 1. The van der Waals surface area contributed by atoms with Crippen molar-refractivity contribution in [3.05, 3.63) is 16.7 Å². The lowest BCUT2D eigenvalue weighted by Gasteiger charge is -2.11. The number of fused-ring (bicyclic) bond motifs is 1. The second kappa shape index (κ2) is 3.75. The first-order valence-corrected chi connectivity index (χ1v) is 4.94. The summed E-state index contributed by atoms with van der Waals surface area (Å²) < 4.78 is 10.1. The molecule has 0 fully saturated rings. The highest BCUT2D eigenvalue weighted by atomic mass is 35.5. The van der Waals surface area contributed by atoms with Crippen molar-refractivity contribution in [2.75, 3.05) is 6.79 Å². The lowest BCUT2D eigenvalue weighted by molar-refractivity contribution is -0.138. The summed E-state index contributed by atoms with van der Waals surface area (Å²) >= 11 is 5.84. The fourth-order valence-corrected chi connectivity index (χ4v) is 1.73. The van der Waals surface area contributed by atoms with E-state index in [1.165, 1.54) is 13.0 Å². The third kappa shape index (κ3) is 1.53. The molecule has 0 aliphatic carbocycles. The quantitative estimate of drug-likeness (QED) is 0.832. The van der Waals surface area contributed by atoms with E-state index in [0.717, 1.165) is 0 Å². The van der Waals surface area contributed by atoms with Crippen LogP contribution in [0, 0.1) is 0 Å². The van der Waals surface area contributed by atoms with Crippen LogP contribution in [0.5, 0.6) is 17.2 Å². The van der Waals surface area contributed by atoms with E-state index in [1.54, 1.807) is 0 Å². The SMILES string of the molecule is CC(C(=O)O)c1cc2c(c(Cl)c1O)OCO2. The van der Waals surface area contributed by atoms with Gasteiger partial charge in [-0.2, -0.15) is 0 Å². The summed E-state index contributed by atoms with van der Waals surface area (Å²) in [4.78, 5) is 10.8. The van der Waals surface area contributed by atoms with E-state index in [-0.39, 0.29) is 28.9 Å². The molecule has 0 aromatic heterocycles. The fraction of sp³-hybridized carbons (Fsp3) is 0.300. The molecule has 1 heterocycles. The molecule has 0 saturated heterocycles. The van der Waals surface area contributed by atoms with Gasteiger partial charge >= 0.3 is 5.97 Å². The monoisotopic (exact) mass is 244 g/mol. The van der Waals surface area contributed by atoms with Gasteiger partial charge in [-0.3, -0.25) is 4.79 Å². The van der Waals surface area contributed by atoms with Crippen molar-refractivity contribution >= 4 is 17.6 Å². The Bertz CT molecular complexity index is 457. The molecule has 1 unspecified atom stereocenters. The number of aromatic hydroxyl groups is 1. The number of hydrogen-bond acceptors (Lipinski definition) is 4. The van der Waals surface area contributed by atoms with Crippen molar-refractivity contribution in [3.63, 3.8) is 0 Å². The molecule has 1 aliphatic heterocycles. The molecule has 2 rings (SSSR count). The highest BCUT2D eigenvalue weighted by Crippen LogP contribution is 2.47. The summed E-state index contributed by atoms with van der Waals surface area (Å²) in [6.07, 6.45) is 0. The number of aliphatic carboxylic acids is 1. The number of phenolic OH excluding ortho intramolecular Hbond substituents is 1. The average molecular weight is 245 g/mol. The Morgan fingerprint density at radius 3 is 2.88 bits per heavy atom. The molecular formula is C10H9ClO5. The predicted molar refractivity (Wildman–Crippen MR) is 55.3 cm³/mol. The maximum atomic E-state index is 10.8. The molecule has 1 aromatic carbocycles. The van der Waals surface area contributed by atoms with E-state index < -0.39 is 11.9 Å². The number of carboxylic acids is 1. The molecule has 5 nitrogen and oxygen atoms in total. The molecular weight excluding hydrogens is 236 g/mol. The van der Waals surface area contributed by atoms with Gasteiger partial charge in [0.25, 0.3) is 0 Å². The third-order valence-electron chi connectivity index (χ3n) is 2.45. The van der Waals surface area contributed by atoms with Crippen LogP contribution in [-0.2, 0) is 4.79 Å². The first-order chi connectivity index (χ1) is 7.52. The van der Waals surface area contributed by atoms with Gasteiger partial charge in [-0.05, 0) is 13.0 Å². The van der Waals surface area contributed by atoms with Gasteiger partial charge in [0.15, 0.2) is 11.5 Å². The van der Waals surface area contributed by atoms with Gasteiger partial charge in [-0.1, -0.05) is 11.6 Å². The summed E-state index contributed by atoms with van der Waals surface area (Å²) in [6.45, 7) is 1.47. The molecule has 16 heavy (non-hydrogen) atoms. The first kappa shape index (κ1) is 10.9. The van der Waals surface area contributed by atoms with Crippen LogP contribution >= 0.6 is 11.6 Å². The summed E-state index contributed by atoms with van der Waals surface area (Å²) in [5.41, 5.74) is 0.210. The average Bonchev–Trinajstić information content (AvgIpc) is 2.70. The van der Waals surface area contributed by atoms with Crippen LogP contribution in [0.25, 0.3) is 0 Å². The smallest absolute Gasteiger partial charge is 0.310 e. The molecule has 0 spiro atoms. The minimum atomic E-state index is -1.05. The number of rotatable bonds is 2. The van der Waals surface area contributed by atoms with Gasteiger partial charge in [0, 0.05) is 5.56 Å².